The van der Waals surface area contributed by atoms with Crippen LogP contribution in [0.15, 0.2) is 29.2 Å². The van der Waals surface area contributed by atoms with Gasteiger partial charge in [0.15, 0.2) is 0 Å². The van der Waals surface area contributed by atoms with E-state index in [0.717, 1.165) is 42.3 Å². The summed E-state index contributed by atoms with van der Waals surface area (Å²) < 4.78 is 5.34. The Morgan fingerprint density at radius 3 is 2.95 bits per heavy atom. The molecule has 1 saturated heterocycles. The van der Waals surface area contributed by atoms with Gasteiger partial charge in [-0.2, -0.15) is 0 Å². The summed E-state index contributed by atoms with van der Waals surface area (Å²) in [5, 5.41) is 6.26. The molecule has 0 spiro atoms. The predicted molar refractivity (Wildman–Crippen MR) is 94.2 cm³/mol. The number of nitrogens with one attached hydrogen (secondary N) is 2. The zero-order chi connectivity index (χ0) is 15.1. The first-order chi connectivity index (χ1) is 10.2. The fraction of sp³-hybridized carbons (Fsp3) is 0.562. The van der Waals surface area contributed by atoms with Gasteiger partial charge in [-0.1, -0.05) is 19.1 Å². The van der Waals surface area contributed by atoms with Crippen molar-refractivity contribution in [2.24, 2.45) is 5.92 Å². The molecule has 1 heterocycles. The van der Waals surface area contributed by atoms with Gasteiger partial charge < -0.3 is 15.4 Å². The van der Waals surface area contributed by atoms with Crippen molar-refractivity contribution in [2.75, 3.05) is 26.0 Å². The Balaban J connectivity index is 0.00000242. The van der Waals surface area contributed by atoms with Gasteiger partial charge in [-0.25, -0.2) is 0 Å². The van der Waals surface area contributed by atoms with Crippen molar-refractivity contribution in [3.63, 3.8) is 0 Å². The monoisotopic (exact) mass is 344 g/mol. The molecule has 0 bridgehead atoms. The lowest BCUT2D eigenvalue weighted by Crippen LogP contribution is -2.42. The van der Waals surface area contributed by atoms with Crippen LogP contribution < -0.4 is 15.4 Å². The topological polar surface area (TPSA) is 50.4 Å². The van der Waals surface area contributed by atoms with Gasteiger partial charge in [0.2, 0.25) is 5.91 Å². The van der Waals surface area contributed by atoms with Crippen molar-refractivity contribution in [1.29, 1.82) is 0 Å². The van der Waals surface area contributed by atoms with Crippen molar-refractivity contribution in [3.05, 3.63) is 24.3 Å². The van der Waals surface area contributed by atoms with Crippen LogP contribution in [0.4, 0.5) is 0 Å². The summed E-state index contributed by atoms with van der Waals surface area (Å²) in [5.74, 6) is 2.43. The van der Waals surface area contributed by atoms with Crippen molar-refractivity contribution >= 4 is 30.1 Å². The molecule has 0 saturated carbocycles. The molecule has 1 aromatic carbocycles. The smallest absolute Gasteiger partial charge is 0.237 e. The van der Waals surface area contributed by atoms with Crippen LogP contribution in [0.25, 0.3) is 0 Å². The average molecular weight is 345 g/mol. The lowest BCUT2D eigenvalue weighted by atomic mass is 10.2. The summed E-state index contributed by atoms with van der Waals surface area (Å²) in [7, 11) is 1.69. The molecule has 2 N–H and O–H groups in total. The van der Waals surface area contributed by atoms with E-state index in [9.17, 15) is 4.79 Å². The van der Waals surface area contributed by atoms with Crippen LogP contribution in [0, 0.1) is 5.92 Å². The van der Waals surface area contributed by atoms with Gasteiger partial charge in [-0.05, 0) is 37.4 Å². The summed E-state index contributed by atoms with van der Waals surface area (Å²) >= 11 is 1.77. The van der Waals surface area contributed by atoms with Crippen molar-refractivity contribution < 1.29 is 9.53 Å². The van der Waals surface area contributed by atoms with Crippen molar-refractivity contribution in [3.8, 4) is 5.75 Å². The Hall–Kier alpha value is -0.910. The second kappa shape index (κ2) is 9.98. The number of thioether (sulfide) groups is 1. The Kier molecular flexibility index (Phi) is 8.68. The number of carbonyl (C=O) groups is 1. The van der Waals surface area contributed by atoms with Gasteiger partial charge in [0, 0.05) is 17.2 Å². The molecule has 0 aromatic heterocycles. The van der Waals surface area contributed by atoms with Crippen LogP contribution in [0.1, 0.15) is 19.8 Å². The lowest BCUT2D eigenvalue weighted by Gasteiger charge is -2.16. The molecule has 2 atom stereocenters. The van der Waals surface area contributed by atoms with Gasteiger partial charge in [0.25, 0.3) is 0 Å². The van der Waals surface area contributed by atoms with E-state index in [-0.39, 0.29) is 24.4 Å². The van der Waals surface area contributed by atoms with E-state index in [1.54, 1.807) is 18.9 Å². The molecule has 2 unspecified atom stereocenters. The number of hydrogen-bond acceptors (Lipinski definition) is 4. The highest BCUT2D eigenvalue weighted by Crippen LogP contribution is 2.29. The number of halogens is 1. The van der Waals surface area contributed by atoms with E-state index in [1.165, 1.54) is 0 Å². The fourth-order valence-corrected chi connectivity index (χ4v) is 3.39. The molecule has 1 aliphatic heterocycles. The number of rotatable bonds is 7. The maximum absolute atomic E-state index is 11.9. The summed E-state index contributed by atoms with van der Waals surface area (Å²) in [6.07, 6.45) is 2.05. The van der Waals surface area contributed by atoms with Crippen LogP contribution in [0.5, 0.6) is 5.75 Å². The van der Waals surface area contributed by atoms with Crippen molar-refractivity contribution in [2.45, 2.75) is 30.7 Å². The molecule has 4 nitrogen and oxygen atoms in total. The zero-order valence-corrected chi connectivity index (χ0v) is 14.8. The second-order valence-corrected chi connectivity index (χ2v) is 6.52. The number of benzene rings is 1. The van der Waals surface area contributed by atoms with Crippen molar-refractivity contribution in [1.82, 2.24) is 10.6 Å². The fourth-order valence-electron chi connectivity index (χ4n) is 2.34. The second-order valence-electron chi connectivity index (χ2n) is 5.46. The molecule has 1 aromatic rings. The summed E-state index contributed by atoms with van der Waals surface area (Å²) in [5.41, 5.74) is 0. The molecular formula is C16H25ClN2O2S. The largest absolute Gasteiger partial charge is 0.496 e. The summed E-state index contributed by atoms with van der Waals surface area (Å²) in [6, 6.07) is 8.04. The van der Waals surface area contributed by atoms with Gasteiger partial charge >= 0.3 is 0 Å². The maximum Gasteiger partial charge on any atom is 0.237 e. The minimum absolute atomic E-state index is 0. The van der Waals surface area contributed by atoms with Crippen LogP contribution in [0.2, 0.25) is 0 Å². The Morgan fingerprint density at radius 2 is 2.27 bits per heavy atom. The van der Waals surface area contributed by atoms with Gasteiger partial charge in [-0.15, -0.1) is 24.2 Å². The first-order valence-electron chi connectivity index (χ1n) is 7.47. The van der Waals surface area contributed by atoms with E-state index < -0.39 is 0 Å². The van der Waals surface area contributed by atoms with Crippen LogP contribution in [-0.4, -0.2) is 37.9 Å². The van der Waals surface area contributed by atoms with Crippen LogP contribution in [0.3, 0.4) is 0 Å². The molecule has 0 aliphatic carbocycles. The highest BCUT2D eigenvalue weighted by atomic mass is 35.5. The SMILES string of the molecule is COc1ccccc1SCC(C)CNC(=O)C1CCCN1.Cl. The number of amides is 1. The van der Waals surface area contributed by atoms with Crippen LogP contribution in [-0.2, 0) is 4.79 Å². The standard InChI is InChI=1S/C16H24N2O2S.ClH/c1-12(10-18-16(19)13-6-5-9-17-13)11-21-15-8-4-3-7-14(15)20-2;/h3-4,7-8,12-13,17H,5-6,9-11H2,1-2H3,(H,18,19);1H. The van der Waals surface area contributed by atoms with Gasteiger partial charge in [0.1, 0.15) is 5.75 Å². The predicted octanol–water partition coefficient (Wildman–Crippen LogP) is 2.71. The molecule has 22 heavy (non-hydrogen) atoms. The lowest BCUT2D eigenvalue weighted by molar-refractivity contribution is -0.122. The van der Waals surface area contributed by atoms with Crippen LogP contribution >= 0.6 is 24.2 Å². The summed E-state index contributed by atoms with van der Waals surface area (Å²) in [4.78, 5) is 13.1. The van der Waals surface area contributed by atoms with E-state index in [0.29, 0.717) is 5.92 Å². The molecule has 124 valence electrons. The number of hydrogen-bond donors (Lipinski definition) is 2. The molecule has 2 rings (SSSR count). The number of para-hydroxylation sites is 1. The Bertz CT molecular complexity index is 467. The van der Waals surface area contributed by atoms with Gasteiger partial charge in [0.05, 0.1) is 13.2 Å². The average Bonchev–Trinajstić information content (AvgIpc) is 3.05. The number of carbonyl (C=O) groups excluding carboxylic acids is 1. The maximum atomic E-state index is 11.9. The minimum atomic E-state index is 0. The normalized spacial score (nSPS) is 18.4. The summed E-state index contributed by atoms with van der Waals surface area (Å²) in [6.45, 7) is 3.83. The molecule has 0 radical (unpaired) electrons. The first-order valence-corrected chi connectivity index (χ1v) is 8.46. The Labute approximate surface area is 143 Å². The molecule has 1 amide bonds. The van der Waals surface area contributed by atoms with E-state index in [4.69, 9.17) is 4.74 Å². The van der Waals surface area contributed by atoms with Gasteiger partial charge in [-0.3, -0.25) is 4.79 Å². The third-order valence-corrected chi connectivity index (χ3v) is 4.98. The third kappa shape index (κ3) is 5.71. The number of methoxy groups -OCH3 is 1. The molecular weight excluding hydrogens is 320 g/mol. The van der Waals surface area contributed by atoms with E-state index in [1.807, 2.05) is 18.2 Å². The zero-order valence-electron chi connectivity index (χ0n) is 13.1. The Morgan fingerprint density at radius 1 is 1.50 bits per heavy atom. The van der Waals surface area contributed by atoms with E-state index >= 15 is 0 Å². The number of ether oxygens (including phenoxy) is 1. The van der Waals surface area contributed by atoms with E-state index in [2.05, 4.69) is 23.6 Å². The molecule has 1 aliphatic rings. The quantitative estimate of drug-likeness (QED) is 0.747. The highest BCUT2D eigenvalue weighted by Gasteiger charge is 2.21. The first kappa shape index (κ1) is 19.1. The molecule has 6 heteroatoms. The molecule has 1 fully saturated rings. The minimum Gasteiger partial charge on any atom is -0.496 e. The third-order valence-electron chi connectivity index (χ3n) is 3.59. The highest BCUT2D eigenvalue weighted by molar-refractivity contribution is 7.99.